The van der Waals surface area contributed by atoms with E-state index in [1.165, 1.54) is 11.3 Å². The van der Waals surface area contributed by atoms with Gasteiger partial charge in [0.15, 0.2) is 0 Å². The van der Waals surface area contributed by atoms with Crippen LogP contribution in [0.4, 0.5) is 0 Å². The van der Waals surface area contributed by atoms with Crippen molar-refractivity contribution in [3.63, 3.8) is 0 Å². The number of alkyl halides is 1. The standard InChI is InChI=1S/C11H13BrClNOS/c12-7-1-3-8(4-2-7)14-11(15)9-5-6-10(13)16-9/h5-8H,1-4H2,(H,14,15). The molecule has 2 rings (SSSR count). The molecule has 1 aliphatic rings. The molecule has 0 spiro atoms. The van der Waals surface area contributed by atoms with Crippen LogP contribution >= 0.6 is 38.9 Å². The Morgan fingerprint density at radius 2 is 2.06 bits per heavy atom. The molecule has 5 heteroatoms. The van der Waals surface area contributed by atoms with Gasteiger partial charge in [-0.05, 0) is 37.8 Å². The van der Waals surface area contributed by atoms with E-state index in [1.807, 2.05) is 0 Å². The average molecular weight is 323 g/mol. The first-order valence-electron chi connectivity index (χ1n) is 5.35. The number of nitrogens with one attached hydrogen (secondary N) is 1. The fourth-order valence-electron chi connectivity index (χ4n) is 1.89. The summed E-state index contributed by atoms with van der Waals surface area (Å²) in [4.78, 5) is 13.2. The van der Waals surface area contributed by atoms with E-state index >= 15 is 0 Å². The van der Waals surface area contributed by atoms with E-state index < -0.39 is 0 Å². The number of rotatable bonds is 2. The van der Waals surface area contributed by atoms with Crippen molar-refractivity contribution in [1.82, 2.24) is 5.32 Å². The third-order valence-electron chi connectivity index (χ3n) is 2.79. The molecule has 1 heterocycles. The first-order chi connectivity index (χ1) is 7.65. The number of hydrogen-bond acceptors (Lipinski definition) is 2. The fourth-order valence-corrected chi connectivity index (χ4v) is 3.36. The van der Waals surface area contributed by atoms with Crippen molar-refractivity contribution in [2.75, 3.05) is 0 Å². The van der Waals surface area contributed by atoms with E-state index in [2.05, 4.69) is 21.2 Å². The number of hydrogen-bond donors (Lipinski definition) is 1. The molecule has 1 aromatic heterocycles. The summed E-state index contributed by atoms with van der Waals surface area (Å²) in [6, 6.07) is 3.86. The topological polar surface area (TPSA) is 29.1 Å². The third kappa shape index (κ3) is 3.22. The second kappa shape index (κ2) is 5.52. The lowest BCUT2D eigenvalue weighted by molar-refractivity contribution is 0.0932. The second-order valence-electron chi connectivity index (χ2n) is 4.03. The lowest BCUT2D eigenvalue weighted by Crippen LogP contribution is -2.37. The second-order valence-corrected chi connectivity index (χ2v) is 7.04. The zero-order valence-electron chi connectivity index (χ0n) is 8.71. The molecule has 0 saturated heterocycles. The molecule has 0 radical (unpaired) electrons. The van der Waals surface area contributed by atoms with Crippen LogP contribution in [0, 0.1) is 0 Å². The van der Waals surface area contributed by atoms with Gasteiger partial charge in [-0.2, -0.15) is 0 Å². The van der Waals surface area contributed by atoms with E-state index in [4.69, 9.17) is 11.6 Å². The Morgan fingerprint density at radius 3 is 2.62 bits per heavy atom. The molecule has 16 heavy (non-hydrogen) atoms. The zero-order chi connectivity index (χ0) is 11.5. The molecular weight excluding hydrogens is 310 g/mol. The van der Waals surface area contributed by atoms with Gasteiger partial charge in [0.05, 0.1) is 9.21 Å². The molecule has 0 atom stereocenters. The van der Waals surface area contributed by atoms with E-state index in [9.17, 15) is 4.79 Å². The SMILES string of the molecule is O=C(NC1CCC(Br)CC1)c1ccc(Cl)s1. The quantitative estimate of drug-likeness (QED) is 0.824. The van der Waals surface area contributed by atoms with Crippen LogP contribution in [0.3, 0.4) is 0 Å². The Bertz CT molecular complexity index is 374. The molecule has 88 valence electrons. The van der Waals surface area contributed by atoms with Gasteiger partial charge in [0.25, 0.3) is 5.91 Å². The molecule has 1 fully saturated rings. The van der Waals surface area contributed by atoms with Crippen LogP contribution in [0.2, 0.25) is 4.34 Å². The average Bonchev–Trinajstić information content (AvgIpc) is 2.68. The first kappa shape index (κ1) is 12.4. The van der Waals surface area contributed by atoms with Gasteiger partial charge in [-0.3, -0.25) is 4.79 Å². The van der Waals surface area contributed by atoms with E-state index in [1.54, 1.807) is 12.1 Å². The summed E-state index contributed by atoms with van der Waals surface area (Å²) < 4.78 is 0.661. The van der Waals surface area contributed by atoms with Crippen LogP contribution in [0.15, 0.2) is 12.1 Å². The van der Waals surface area contributed by atoms with Crippen LogP contribution in [0.1, 0.15) is 35.4 Å². The molecule has 2 nitrogen and oxygen atoms in total. The van der Waals surface area contributed by atoms with E-state index in [-0.39, 0.29) is 5.91 Å². The summed E-state index contributed by atoms with van der Waals surface area (Å²) in [6.07, 6.45) is 4.38. The van der Waals surface area contributed by atoms with Gasteiger partial charge in [0.1, 0.15) is 0 Å². The van der Waals surface area contributed by atoms with Crippen molar-refractivity contribution in [3.8, 4) is 0 Å². The summed E-state index contributed by atoms with van der Waals surface area (Å²) >= 11 is 10.7. The maximum absolute atomic E-state index is 11.8. The van der Waals surface area contributed by atoms with Crippen molar-refractivity contribution in [2.24, 2.45) is 0 Å². The number of amides is 1. The Labute approximate surface area is 113 Å². The summed E-state index contributed by atoms with van der Waals surface area (Å²) in [6.45, 7) is 0. The molecule has 0 aliphatic heterocycles. The number of carbonyl (C=O) groups is 1. The highest BCUT2D eigenvalue weighted by molar-refractivity contribution is 9.09. The van der Waals surface area contributed by atoms with Crippen molar-refractivity contribution in [3.05, 3.63) is 21.3 Å². The van der Waals surface area contributed by atoms with Gasteiger partial charge < -0.3 is 5.32 Å². The van der Waals surface area contributed by atoms with Crippen LogP contribution < -0.4 is 5.32 Å². The molecule has 1 aromatic rings. The Kier molecular flexibility index (Phi) is 4.27. The van der Waals surface area contributed by atoms with Gasteiger partial charge in [-0.25, -0.2) is 0 Å². The monoisotopic (exact) mass is 321 g/mol. The van der Waals surface area contributed by atoms with Crippen LogP contribution in [0.25, 0.3) is 0 Å². The fraction of sp³-hybridized carbons (Fsp3) is 0.545. The van der Waals surface area contributed by atoms with Crippen molar-refractivity contribution >= 4 is 44.8 Å². The van der Waals surface area contributed by atoms with E-state index in [0.717, 1.165) is 25.7 Å². The van der Waals surface area contributed by atoms with Gasteiger partial charge in [0.2, 0.25) is 0 Å². The maximum Gasteiger partial charge on any atom is 0.261 e. The van der Waals surface area contributed by atoms with Crippen LogP contribution in [-0.4, -0.2) is 16.8 Å². The van der Waals surface area contributed by atoms with Crippen LogP contribution in [-0.2, 0) is 0 Å². The highest BCUT2D eigenvalue weighted by atomic mass is 79.9. The number of halogens is 2. The summed E-state index contributed by atoms with van der Waals surface area (Å²) in [5, 5.41) is 3.06. The molecule has 0 aromatic carbocycles. The third-order valence-corrected chi connectivity index (χ3v) is 4.93. The Balaban J connectivity index is 1.88. The Hall–Kier alpha value is -0.0600. The molecule has 1 saturated carbocycles. The molecule has 0 bridgehead atoms. The number of thiophene rings is 1. The largest absolute Gasteiger partial charge is 0.349 e. The first-order valence-corrected chi connectivity index (χ1v) is 7.46. The lowest BCUT2D eigenvalue weighted by Gasteiger charge is -2.25. The lowest BCUT2D eigenvalue weighted by atomic mass is 9.95. The maximum atomic E-state index is 11.8. The highest BCUT2D eigenvalue weighted by Crippen LogP contribution is 2.25. The summed E-state index contributed by atoms with van der Waals surface area (Å²) in [7, 11) is 0. The highest BCUT2D eigenvalue weighted by Gasteiger charge is 2.21. The normalized spacial score (nSPS) is 25.4. The Morgan fingerprint density at radius 1 is 1.38 bits per heavy atom. The zero-order valence-corrected chi connectivity index (χ0v) is 11.9. The summed E-state index contributed by atoms with van der Waals surface area (Å²) in [5.41, 5.74) is 0. The molecule has 0 unspecified atom stereocenters. The van der Waals surface area contributed by atoms with Gasteiger partial charge in [-0.1, -0.05) is 27.5 Å². The van der Waals surface area contributed by atoms with Gasteiger partial charge >= 0.3 is 0 Å². The molecule has 1 N–H and O–H groups in total. The minimum atomic E-state index is 0.00919. The summed E-state index contributed by atoms with van der Waals surface area (Å²) in [5.74, 6) is 0.00919. The van der Waals surface area contributed by atoms with Crippen molar-refractivity contribution in [2.45, 2.75) is 36.6 Å². The van der Waals surface area contributed by atoms with Gasteiger partial charge in [0, 0.05) is 10.9 Å². The molecule has 1 amide bonds. The van der Waals surface area contributed by atoms with Crippen LogP contribution in [0.5, 0.6) is 0 Å². The van der Waals surface area contributed by atoms with Crippen molar-refractivity contribution in [1.29, 1.82) is 0 Å². The minimum absolute atomic E-state index is 0.00919. The molecular formula is C11H13BrClNOS. The predicted molar refractivity (Wildman–Crippen MR) is 71.8 cm³/mol. The number of carbonyl (C=O) groups excluding carboxylic acids is 1. The van der Waals surface area contributed by atoms with Gasteiger partial charge in [-0.15, -0.1) is 11.3 Å². The van der Waals surface area contributed by atoms with E-state index in [0.29, 0.717) is 20.1 Å². The minimum Gasteiger partial charge on any atom is -0.349 e. The van der Waals surface area contributed by atoms with Crippen molar-refractivity contribution < 1.29 is 4.79 Å². The predicted octanol–water partition coefficient (Wildman–Crippen LogP) is 3.84. The molecule has 1 aliphatic carbocycles. The smallest absolute Gasteiger partial charge is 0.261 e.